The molecule has 0 aliphatic carbocycles. The topological polar surface area (TPSA) is 12.0 Å². The van der Waals surface area contributed by atoms with Crippen LogP contribution in [0.15, 0.2) is 42.5 Å². The summed E-state index contributed by atoms with van der Waals surface area (Å²) >= 11 is 0. The van der Waals surface area contributed by atoms with Crippen LogP contribution < -0.4 is 5.32 Å². The van der Waals surface area contributed by atoms with Gasteiger partial charge < -0.3 is 5.32 Å². The molecular formula is C16H16F3N. The van der Waals surface area contributed by atoms with Gasteiger partial charge in [-0.1, -0.05) is 18.2 Å². The molecule has 20 heavy (non-hydrogen) atoms. The van der Waals surface area contributed by atoms with E-state index in [0.29, 0.717) is 18.5 Å². The third kappa shape index (κ3) is 3.84. The average Bonchev–Trinajstić information content (AvgIpc) is 2.41. The molecule has 0 saturated carbocycles. The Morgan fingerprint density at radius 2 is 1.60 bits per heavy atom. The molecule has 2 aromatic carbocycles. The fraction of sp³-hybridized carbons (Fsp3) is 0.250. The molecule has 0 spiro atoms. The van der Waals surface area contributed by atoms with Gasteiger partial charge in [0.1, 0.15) is 17.5 Å². The first kappa shape index (κ1) is 14.6. The van der Waals surface area contributed by atoms with Crippen molar-refractivity contribution in [1.29, 1.82) is 0 Å². The molecular weight excluding hydrogens is 263 g/mol. The highest BCUT2D eigenvalue weighted by atomic mass is 19.1. The molecule has 4 heteroatoms. The average molecular weight is 279 g/mol. The van der Waals surface area contributed by atoms with Crippen LogP contribution in [0, 0.1) is 17.5 Å². The van der Waals surface area contributed by atoms with Gasteiger partial charge in [-0.25, -0.2) is 13.2 Å². The molecule has 0 bridgehead atoms. The number of rotatable bonds is 5. The summed E-state index contributed by atoms with van der Waals surface area (Å²) in [6, 6.07) is 9.64. The van der Waals surface area contributed by atoms with Gasteiger partial charge in [-0.15, -0.1) is 0 Å². The molecule has 0 radical (unpaired) electrons. The Bertz CT molecular complexity index is 566. The normalized spacial score (nSPS) is 12.4. The number of halogens is 3. The lowest BCUT2D eigenvalue weighted by Crippen LogP contribution is -2.22. The van der Waals surface area contributed by atoms with Crippen LogP contribution in [0.4, 0.5) is 13.2 Å². The maximum absolute atomic E-state index is 13.6. The Balaban J connectivity index is 1.88. The Morgan fingerprint density at radius 3 is 2.25 bits per heavy atom. The maximum atomic E-state index is 13.6. The Kier molecular flexibility index (Phi) is 4.79. The maximum Gasteiger partial charge on any atom is 0.130 e. The fourth-order valence-electron chi connectivity index (χ4n) is 2.05. The van der Waals surface area contributed by atoms with Gasteiger partial charge in [-0.05, 0) is 43.7 Å². The lowest BCUT2D eigenvalue weighted by Gasteiger charge is -2.15. The zero-order valence-electron chi connectivity index (χ0n) is 11.2. The summed E-state index contributed by atoms with van der Waals surface area (Å²) in [5.41, 5.74) is 1.44. The molecule has 1 N–H and O–H groups in total. The molecule has 1 unspecified atom stereocenters. The minimum Gasteiger partial charge on any atom is -0.310 e. The van der Waals surface area contributed by atoms with Crippen molar-refractivity contribution in [3.05, 3.63) is 71.0 Å². The summed E-state index contributed by atoms with van der Waals surface area (Å²) in [7, 11) is 0. The second-order valence-corrected chi connectivity index (χ2v) is 4.72. The van der Waals surface area contributed by atoms with Crippen molar-refractivity contribution in [3.63, 3.8) is 0 Å². The van der Waals surface area contributed by atoms with Crippen LogP contribution in [0.3, 0.4) is 0 Å². The molecule has 106 valence electrons. The summed E-state index contributed by atoms with van der Waals surface area (Å²) in [4.78, 5) is 0. The van der Waals surface area contributed by atoms with Crippen molar-refractivity contribution in [2.75, 3.05) is 6.54 Å². The molecule has 0 fully saturated rings. The van der Waals surface area contributed by atoms with E-state index in [1.165, 1.54) is 24.3 Å². The molecule has 2 rings (SSSR count). The van der Waals surface area contributed by atoms with E-state index in [0.717, 1.165) is 11.6 Å². The van der Waals surface area contributed by atoms with Crippen LogP contribution in [0.5, 0.6) is 0 Å². The molecule has 0 saturated heterocycles. The summed E-state index contributed by atoms with van der Waals surface area (Å²) in [5.74, 6) is -1.39. The van der Waals surface area contributed by atoms with Gasteiger partial charge in [-0.2, -0.15) is 0 Å². The predicted molar refractivity (Wildman–Crippen MR) is 72.9 cm³/mol. The van der Waals surface area contributed by atoms with E-state index < -0.39 is 11.6 Å². The van der Waals surface area contributed by atoms with Gasteiger partial charge in [0.15, 0.2) is 0 Å². The Labute approximate surface area is 116 Å². The first-order valence-electron chi connectivity index (χ1n) is 6.49. The van der Waals surface area contributed by atoms with E-state index in [1.807, 2.05) is 6.92 Å². The van der Waals surface area contributed by atoms with Gasteiger partial charge in [0.2, 0.25) is 0 Å². The number of benzene rings is 2. The summed E-state index contributed by atoms with van der Waals surface area (Å²) < 4.78 is 39.1. The van der Waals surface area contributed by atoms with E-state index in [-0.39, 0.29) is 11.9 Å². The largest absolute Gasteiger partial charge is 0.310 e. The van der Waals surface area contributed by atoms with Crippen LogP contribution in [-0.4, -0.2) is 6.54 Å². The molecule has 1 nitrogen and oxygen atoms in total. The highest BCUT2D eigenvalue weighted by Crippen LogP contribution is 2.17. The van der Waals surface area contributed by atoms with Crippen molar-refractivity contribution in [2.24, 2.45) is 0 Å². The number of hydrogen-bond acceptors (Lipinski definition) is 1. The lowest BCUT2D eigenvalue weighted by molar-refractivity contribution is 0.520. The summed E-state index contributed by atoms with van der Waals surface area (Å²) in [6.07, 6.45) is 0.716. The zero-order chi connectivity index (χ0) is 14.5. The fourth-order valence-corrected chi connectivity index (χ4v) is 2.05. The molecule has 0 amide bonds. The molecule has 1 atom stereocenters. The van der Waals surface area contributed by atoms with Gasteiger partial charge in [-0.3, -0.25) is 0 Å². The van der Waals surface area contributed by atoms with Crippen molar-refractivity contribution in [3.8, 4) is 0 Å². The molecule has 0 aliphatic rings. The van der Waals surface area contributed by atoms with Gasteiger partial charge in [0.05, 0.1) is 0 Å². The van der Waals surface area contributed by atoms with Crippen LogP contribution in [0.1, 0.15) is 24.1 Å². The predicted octanol–water partition coefficient (Wildman–Crippen LogP) is 4.00. The van der Waals surface area contributed by atoms with Crippen LogP contribution in [-0.2, 0) is 6.42 Å². The van der Waals surface area contributed by atoms with Crippen molar-refractivity contribution in [1.82, 2.24) is 5.32 Å². The first-order chi connectivity index (χ1) is 9.56. The third-order valence-corrected chi connectivity index (χ3v) is 3.21. The van der Waals surface area contributed by atoms with Crippen molar-refractivity contribution >= 4 is 0 Å². The second kappa shape index (κ2) is 6.57. The second-order valence-electron chi connectivity index (χ2n) is 4.72. The highest BCUT2D eigenvalue weighted by molar-refractivity contribution is 5.22. The van der Waals surface area contributed by atoms with E-state index in [1.54, 1.807) is 12.1 Å². The molecule has 0 aromatic heterocycles. The minimum absolute atomic E-state index is 0.212. The van der Waals surface area contributed by atoms with E-state index >= 15 is 0 Å². The summed E-state index contributed by atoms with van der Waals surface area (Å²) in [5, 5.41) is 3.17. The standard InChI is InChI=1S/C16H16F3N/c1-11(15-7-6-14(18)10-16(15)19)20-9-8-12-2-4-13(17)5-3-12/h2-7,10-11,20H,8-9H2,1H3. The van der Waals surface area contributed by atoms with Crippen LogP contribution in [0.25, 0.3) is 0 Å². The van der Waals surface area contributed by atoms with Gasteiger partial charge >= 0.3 is 0 Å². The third-order valence-electron chi connectivity index (χ3n) is 3.21. The van der Waals surface area contributed by atoms with Gasteiger partial charge in [0, 0.05) is 17.7 Å². The lowest BCUT2D eigenvalue weighted by atomic mass is 10.1. The minimum atomic E-state index is -0.579. The quantitative estimate of drug-likeness (QED) is 0.872. The van der Waals surface area contributed by atoms with E-state index in [4.69, 9.17) is 0 Å². The van der Waals surface area contributed by atoms with Gasteiger partial charge in [0.25, 0.3) is 0 Å². The summed E-state index contributed by atoms with van der Waals surface area (Å²) in [6.45, 7) is 2.45. The van der Waals surface area contributed by atoms with Crippen LogP contribution >= 0.6 is 0 Å². The Morgan fingerprint density at radius 1 is 0.950 bits per heavy atom. The van der Waals surface area contributed by atoms with Crippen LogP contribution in [0.2, 0.25) is 0 Å². The SMILES string of the molecule is CC(NCCc1ccc(F)cc1)c1ccc(F)cc1F. The van der Waals surface area contributed by atoms with Crippen molar-refractivity contribution in [2.45, 2.75) is 19.4 Å². The Hall–Kier alpha value is -1.81. The van der Waals surface area contributed by atoms with E-state index in [2.05, 4.69) is 5.32 Å². The monoisotopic (exact) mass is 279 g/mol. The van der Waals surface area contributed by atoms with E-state index in [9.17, 15) is 13.2 Å². The smallest absolute Gasteiger partial charge is 0.130 e. The van der Waals surface area contributed by atoms with Crippen molar-refractivity contribution < 1.29 is 13.2 Å². The molecule has 0 aliphatic heterocycles. The molecule has 0 heterocycles. The first-order valence-corrected chi connectivity index (χ1v) is 6.49. The number of hydrogen-bond donors (Lipinski definition) is 1. The molecule has 2 aromatic rings. The number of nitrogens with one attached hydrogen (secondary N) is 1. The zero-order valence-corrected chi connectivity index (χ0v) is 11.2. The highest BCUT2D eigenvalue weighted by Gasteiger charge is 2.10.